The topological polar surface area (TPSA) is 20.3 Å². The summed E-state index contributed by atoms with van der Waals surface area (Å²) in [5.74, 6) is 0.398. The Bertz CT molecular complexity index is 275. The van der Waals surface area contributed by atoms with Gasteiger partial charge >= 0.3 is 0 Å². The summed E-state index contributed by atoms with van der Waals surface area (Å²) < 4.78 is 0. The van der Waals surface area contributed by atoms with Crippen LogP contribution in [-0.4, -0.2) is 30.8 Å². The van der Waals surface area contributed by atoms with Gasteiger partial charge in [-0.1, -0.05) is 96.8 Å². The molecule has 1 unspecified atom stereocenters. The number of carbonyl (C=O) groups excluding carboxylic acids is 1. The zero-order valence-corrected chi connectivity index (χ0v) is 17.2. The molecule has 0 bridgehead atoms. The number of hydrogen-bond donors (Lipinski definition) is 0. The van der Waals surface area contributed by atoms with Crippen LogP contribution in [0, 0.1) is 0 Å². The molecule has 0 spiro atoms. The van der Waals surface area contributed by atoms with Crippen LogP contribution in [0.1, 0.15) is 117 Å². The van der Waals surface area contributed by atoms with E-state index in [-0.39, 0.29) is 6.04 Å². The highest BCUT2D eigenvalue weighted by Gasteiger charge is 2.13. The van der Waals surface area contributed by atoms with E-state index in [1.165, 1.54) is 89.9 Å². The largest absolute Gasteiger partial charge is 0.300 e. The highest BCUT2D eigenvalue weighted by atomic mass is 16.1. The number of hydrogen-bond acceptors (Lipinski definition) is 2. The highest BCUT2D eigenvalue weighted by Crippen LogP contribution is 2.14. The van der Waals surface area contributed by atoms with Gasteiger partial charge in [-0.25, -0.2) is 0 Å². The zero-order valence-electron chi connectivity index (χ0n) is 17.2. The molecule has 0 radical (unpaired) electrons. The van der Waals surface area contributed by atoms with Crippen LogP contribution in [0.4, 0.5) is 0 Å². The summed E-state index contributed by atoms with van der Waals surface area (Å²) in [6, 6.07) is 0.0802. The number of rotatable bonds is 18. The summed E-state index contributed by atoms with van der Waals surface area (Å²) in [6.07, 6.45) is 21.4. The summed E-state index contributed by atoms with van der Waals surface area (Å²) in [7, 11) is 3.96. The molecule has 0 aliphatic rings. The van der Waals surface area contributed by atoms with Crippen LogP contribution in [0.25, 0.3) is 0 Å². The fourth-order valence-electron chi connectivity index (χ4n) is 3.17. The van der Waals surface area contributed by atoms with Gasteiger partial charge in [-0.2, -0.15) is 0 Å². The zero-order chi connectivity index (χ0) is 18.0. The third-order valence-corrected chi connectivity index (χ3v) is 5.27. The summed E-state index contributed by atoms with van der Waals surface area (Å²) in [5, 5.41) is 0. The van der Waals surface area contributed by atoms with Gasteiger partial charge in [0, 0.05) is 6.42 Å². The normalized spacial score (nSPS) is 12.7. The Morgan fingerprint density at radius 1 is 0.667 bits per heavy atom. The number of unbranched alkanes of at least 4 members (excludes halogenated alkanes) is 14. The molecule has 0 aromatic heterocycles. The first-order chi connectivity index (χ1) is 11.6. The van der Waals surface area contributed by atoms with Crippen LogP contribution in [0.3, 0.4) is 0 Å². The number of nitrogens with zero attached hydrogens (tertiary/aromatic N) is 1. The minimum Gasteiger partial charge on any atom is -0.300 e. The molecule has 2 nitrogen and oxygen atoms in total. The Labute approximate surface area is 152 Å². The molecule has 0 aliphatic carbocycles. The van der Waals surface area contributed by atoms with E-state index in [0.29, 0.717) is 5.78 Å². The number of carbonyl (C=O) groups is 1. The van der Waals surface area contributed by atoms with Crippen molar-refractivity contribution in [2.75, 3.05) is 14.1 Å². The summed E-state index contributed by atoms with van der Waals surface area (Å²) in [5.41, 5.74) is 0. The number of ketones is 1. The smallest absolute Gasteiger partial charge is 0.149 e. The fraction of sp³-hybridized carbons (Fsp3) is 0.955. The second-order valence-corrected chi connectivity index (χ2v) is 7.81. The van der Waals surface area contributed by atoms with Crippen molar-refractivity contribution in [1.82, 2.24) is 4.90 Å². The van der Waals surface area contributed by atoms with Gasteiger partial charge in [0.2, 0.25) is 0 Å². The van der Waals surface area contributed by atoms with E-state index in [2.05, 4.69) is 6.92 Å². The average Bonchev–Trinajstić information content (AvgIpc) is 2.57. The second-order valence-electron chi connectivity index (χ2n) is 7.81. The number of Topliss-reactive ketones (excluding diaryl/α,β-unsaturated/α-hetero) is 1. The Balaban J connectivity index is 3.17. The molecule has 0 heterocycles. The maximum atomic E-state index is 11.9. The molecule has 144 valence electrons. The lowest BCUT2D eigenvalue weighted by Gasteiger charge is -2.18. The lowest BCUT2D eigenvalue weighted by Crippen LogP contribution is -2.32. The van der Waals surface area contributed by atoms with Crippen LogP contribution in [0.15, 0.2) is 0 Å². The standard InChI is InChI=1S/C22H45NO/c1-5-6-7-8-9-10-11-12-13-14-15-16-17-18-19-20-22(24)21(2)23(3)4/h21H,5-20H2,1-4H3. The second kappa shape index (κ2) is 17.5. The van der Waals surface area contributed by atoms with E-state index >= 15 is 0 Å². The van der Waals surface area contributed by atoms with Crippen molar-refractivity contribution in [2.45, 2.75) is 123 Å². The van der Waals surface area contributed by atoms with E-state index in [0.717, 1.165) is 12.8 Å². The lowest BCUT2D eigenvalue weighted by molar-refractivity contribution is -0.123. The minimum atomic E-state index is 0.0802. The third kappa shape index (κ3) is 15.2. The van der Waals surface area contributed by atoms with Crippen LogP contribution in [0.5, 0.6) is 0 Å². The Hall–Kier alpha value is -0.370. The summed E-state index contributed by atoms with van der Waals surface area (Å²) in [4.78, 5) is 13.9. The monoisotopic (exact) mass is 339 g/mol. The maximum absolute atomic E-state index is 11.9. The highest BCUT2D eigenvalue weighted by molar-refractivity contribution is 5.83. The average molecular weight is 340 g/mol. The molecule has 0 amide bonds. The van der Waals surface area contributed by atoms with Gasteiger partial charge in [0.05, 0.1) is 6.04 Å². The molecule has 0 fully saturated rings. The predicted octanol–water partition coefficient (Wildman–Crippen LogP) is 6.77. The van der Waals surface area contributed by atoms with Crippen LogP contribution < -0.4 is 0 Å². The molecule has 1 atom stereocenters. The van der Waals surface area contributed by atoms with Crippen molar-refractivity contribution in [3.8, 4) is 0 Å². The van der Waals surface area contributed by atoms with Crippen LogP contribution in [0.2, 0.25) is 0 Å². The SMILES string of the molecule is CCCCCCCCCCCCCCCCCC(=O)C(C)N(C)C. The fourth-order valence-corrected chi connectivity index (χ4v) is 3.17. The Kier molecular flexibility index (Phi) is 17.2. The van der Waals surface area contributed by atoms with E-state index < -0.39 is 0 Å². The van der Waals surface area contributed by atoms with E-state index in [1.807, 2.05) is 25.9 Å². The molecular formula is C22H45NO. The maximum Gasteiger partial charge on any atom is 0.149 e. The molecular weight excluding hydrogens is 294 g/mol. The van der Waals surface area contributed by atoms with Crippen molar-refractivity contribution >= 4 is 5.78 Å². The van der Waals surface area contributed by atoms with Crippen molar-refractivity contribution < 1.29 is 4.79 Å². The summed E-state index contributed by atoms with van der Waals surface area (Å²) in [6.45, 7) is 4.29. The minimum absolute atomic E-state index is 0.0802. The van der Waals surface area contributed by atoms with Crippen molar-refractivity contribution in [2.24, 2.45) is 0 Å². The first-order valence-electron chi connectivity index (χ1n) is 10.8. The molecule has 2 heteroatoms. The van der Waals surface area contributed by atoms with Gasteiger partial charge < -0.3 is 0 Å². The van der Waals surface area contributed by atoms with E-state index in [9.17, 15) is 4.79 Å². The third-order valence-electron chi connectivity index (χ3n) is 5.27. The molecule has 0 aliphatic heterocycles. The molecule has 0 aromatic rings. The van der Waals surface area contributed by atoms with Gasteiger partial charge in [-0.15, -0.1) is 0 Å². The Morgan fingerprint density at radius 2 is 1.00 bits per heavy atom. The Morgan fingerprint density at radius 3 is 1.33 bits per heavy atom. The molecule has 0 saturated carbocycles. The van der Waals surface area contributed by atoms with Crippen molar-refractivity contribution in [3.63, 3.8) is 0 Å². The molecule has 0 saturated heterocycles. The lowest BCUT2D eigenvalue weighted by atomic mass is 10.0. The first kappa shape index (κ1) is 23.6. The van der Waals surface area contributed by atoms with E-state index in [4.69, 9.17) is 0 Å². The number of likely N-dealkylation sites (N-methyl/N-ethyl adjacent to an activating group) is 1. The van der Waals surface area contributed by atoms with Crippen molar-refractivity contribution in [3.05, 3.63) is 0 Å². The summed E-state index contributed by atoms with van der Waals surface area (Å²) >= 11 is 0. The quantitative estimate of drug-likeness (QED) is 0.257. The first-order valence-corrected chi connectivity index (χ1v) is 10.8. The van der Waals surface area contributed by atoms with Gasteiger partial charge in [0.15, 0.2) is 0 Å². The van der Waals surface area contributed by atoms with Crippen LogP contribution in [-0.2, 0) is 4.79 Å². The van der Waals surface area contributed by atoms with Gasteiger partial charge in [-0.05, 0) is 27.4 Å². The van der Waals surface area contributed by atoms with Gasteiger partial charge in [0.25, 0.3) is 0 Å². The molecule has 0 N–H and O–H groups in total. The molecule has 24 heavy (non-hydrogen) atoms. The predicted molar refractivity (Wildman–Crippen MR) is 108 cm³/mol. The van der Waals surface area contributed by atoms with E-state index in [1.54, 1.807) is 0 Å². The van der Waals surface area contributed by atoms with Crippen molar-refractivity contribution in [1.29, 1.82) is 0 Å². The van der Waals surface area contributed by atoms with Crippen LogP contribution >= 0.6 is 0 Å². The van der Waals surface area contributed by atoms with Gasteiger partial charge in [0.1, 0.15) is 5.78 Å². The van der Waals surface area contributed by atoms with Gasteiger partial charge in [-0.3, -0.25) is 9.69 Å². The molecule has 0 rings (SSSR count). The molecule has 0 aromatic carbocycles.